The molecule has 8 heteroatoms. The van der Waals surface area contributed by atoms with E-state index >= 15 is 0 Å². The van der Waals surface area contributed by atoms with Gasteiger partial charge in [0.15, 0.2) is 5.76 Å². The molecule has 4 rings (SSSR count). The van der Waals surface area contributed by atoms with Gasteiger partial charge in [0, 0.05) is 23.1 Å². The van der Waals surface area contributed by atoms with Gasteiger partial charge in [-0.25, -0.2) is 5.48 Å². The van der Waals surface area contributed by atoms with E-state index in [2.05, 4.69) is 22.1 Å². The van der Waals surface area contributed by atoms with Crippen molar-refractivity contribution in [3.05, 3.63) is 65.4 Å². The summed E-state index contributed by atoms with van der Waals surface area (Å²) < 4.78 is 11.5. The summed E-state index contributed by atoms with van der Waals surface area (Å²) >= 11 is 0. The zero-order chi connectivity index (χ0) is 23.0. The molecule has 0 spiro atoms. The number of hydrogen-bond acceptors (Lipinski definition) is 6. The van der Waals surface area contributed by atoms with Crippen molar-refractivity contribution in [3.8, 4) is 17.6 Å². The number of benzene rings is 2. The summed E-state index contributed by atoms with van der Waals surface area (Å²) in [5.41, 5.74) is 3.19. The zero-order valence-electron chi connectivity index (χ0n) is 18.1. The maximum Gasteiger partial charge on any atom is 0.287 e. The van der Waals surface area contributed by atoms with Crippen LogP contribution in [-0.2, 0) is 0 Å². The molecule has 2 heterocycles. The number of carbonyl (C=O) groups excluding carboxylic acids is 2. The minimum atomic E-state index is -0.589. The fourth-order valence-corrected chi connectivity index (χ4v) is 3.65. The SMILES string of the molecule is O=C(NO)c1ccc(C#CCNC(=O)c2cc3cc(OCCN4CCCC4)ccc3o2)cc1. The maximum absolute atomic E-state index is 12.4. The average Bonchev–Trinajstić information content (AvgIpc) is 3.51. The number of ether oxygens (including phenoxy) is 1. The number of furan rings is 1. The Morgan fingerprint density at radius 2 is 1.85 bits per heavy atom. The topological polar surface area (TPSA) is 104 Å². The average molecular weight is 447 g/mol. The van der Waals surface area contributed by atoms with Crippen molar-refractivity contribution in [1.29, 1.82) is 0 Å². The molecule has 0 saturated carbocycles. The lowest BCUT2D eigenvalue weighted by Crippen LogP contribution is -2.25. The largest absolute Gasteiger partial charge is 0.492 e. The Hall–Kier alpha value is -3.80. The van der Waals surface area contributed by atoms with Crippen molar-refractivity contribution in [1.82, 2.24) is 15.7 Å². The normalized spacial score (nSPS) is 13.4. The quantitative estimate of drug-likeness (QED) is 0.292. The molecule has 1 fully saturated rings. The van der Waals surface area contributed by atoms with Crippen LogP contribution in [0.15, 0.2) is 52.9 Å². The van der Waals surface area contributed by atoms with Gasteiger partial charge in [-0.2, -0.15) is 0 Å². The standard InChI is InChI=1S/C25H25N3O5/c29-24(27-31)19-7-5-18(6-8-19)4-3-11-26-25(30)23-17-20-16-21(9-10-22(20)33-23)32-15-14-28-12-1-2-13-28/h5-10,16-17,31H,1-2,11-15H2,(H,26,30)(H,27,29). The Labute approximate surface area is 191 Å². The number of amides is 2. The highest BCUT2D eigenvalue weighted by Crippen LogP contribution is 2.24. The predicted molar refractivity (Wildman–Crippen MR) is 122 cm³/mol. The first-order valence-corrected chi connectivity index (χ1v) is 10.8. The molecule has 1 aliphatic heterocycles. The highest BCUT2D eigenvalue weighted by molar-refractivity contribution is 5.96. The Bertz CT molecular complexity index is 1180. The monoisotopic (exact) mass is 447 g/mol. The highest BCUT2D eigenvalue weighted by Gasteiger charge is 2.13. The minimum Gasteiger partial charge on any atom is -0.492 e. The Morgan fingerprint density at radius 1 is 1.06 bits per heavy atom. The van der Waals surface area contributed by atoms with E-state index in [-0.39, 0.29) is 18.2 Å². The van der Waals surface area contributed by atoms with Crippen LogP contribution in [0.2, 0.25) is 0 Å². The van der Waals surface area contributed by atoms with Crippen molar-refractivity contribution >= 4 is 22.8 Å². The lowest BCUT2D eigenvalue weighted by Gasteiger charge is -2.14. The summed E-state index contributed by atoms with van der Waals surface area (Å²) in [6.07, 6.45) is 2.52. The van der Waals surface area contributed by atoms with Crippen LogP contribution in [0.5, 0.6) is 5.75 Å². The van der Waals surface area contributed by atoms with Gasteiger partial charge in [0.1, 0.15) is 17.9 Å². The predicted octanol–water partition coefficient (Wildman–Crippen LogP) is 2.81. The second-order valence-corrected chi connectivity index (χ2v) is 7.71. The molecule has 2 amide bonds. The van der Waals surface area contributed by atoms with Crippen LogP contribution in [0.3, 0.4) is 0 Å². The first-order valence-electron chi connectivity index (χ1n) is 10.8. The van der Waals surface area contributed by atoms with Crippen LogP contribution in [0.25, 0.3) is 11.0 Å². The Morgan fingerprint density at radius 3 is 2.61 bits per heavy atom. The highest BCUT2D eigenvalue weighted by atomic mass is 16.5. The number of hydrogen-bond donors (Lipinski definition) is 3. The van der Waals surface area contributed by atoms with E-state index in [1.54, 1.807) is 41.9 Å². The second-order valence-electron chi connectivity index (χ2n) is 7.71. The molecule has 3 aromatic rings. The van der Waals surface area contributed by atoms with E-state index in [0.717, 1.165) is 30.8 Å². The number of likely N-dealkylation sites (tertiary alicyclic amines) is 1. The van der Waals surface area contributed by atoms with Gasteiger partial charge in [-0.05, 0) is 74.5 Å². The van der Waals surface area contributed by atoms with E-state index in [9.17, 15) is 9.59 Å². The molecule has 3 N–H and O–H groups in total. The Kier molecular flexibility index (Phi) is 7.25. The molecule has 170 valence electrons. The summed E-state index contributed by atoms with van der Waals surface area (Å²) in [6, 6.07) is 13.6. The number of carbonyl (C=O) groups is 2. The lowest BCUT2D eigenvalue weighted by atomic mass is 10.1. The van der Waals surface area contributed by atoms with Gasteiger partial charge < -0.3 is 14.5 Å². The van der Waals surface area contributed by atoms with Crippen LogP contribution in [0, 0.1) is 11.8 Å². The number of nitrogens with zero attached hydrogens (tertiary/aromatic N) is 1. The fourth-order valence-electron chi connectivity index (χ4n) is 3.65. The van der Waals surface area contributed by atoms with Crippen molar-refractivity contribution in [2.24, 2.45) is 0 Å². The minimum absolute atomic E-state index is 0.139. The van der Waals surface area contributed by atoms with E-state index in [0.29, 0.717) is 23.3 Å². The van der Waals surface area contributed by atoms with Crippen LogP contribution in [-0.4, -0.2) is 54.7 Å². The van der Waals surface area contributed by atoms with Crippen LogP contribution in [0.1, 0.15) is 39.3 Å². The molecule has 1 saturated heterocycles. The van der Waals surface area contributed by atoms with Crippen LogP contribution < -0.4 is 15.5 Å². The molecule has 0 radical (unpaired) electrons. The van der Waals surface area contributed by atoms with Gasteiger partial charge in [0.2, 0.25) is 0 Å². The number of nitrogens with one attached hydrogen (secondary N) is 2. The molecule has 33 heavy (non-hydrogen) atoms. The van der Waals surface area contributed by atoms with Crippen molar-refractivity contribution in [2.45, 2.75) is 12.8 Å². The van der Waals surface area contributed by atoms with Gasteiger partial charge in [0.05, 0.1) is 6.54 Å². The molecule has 0 atom stereocenters. The third-order valence-electron chi connectivity index (χ3n) is 5.41. The first-order chi connectivity index (χ1) is 16.1. The van der Waals surface area contributed by atoms with E-state index in [4.69, 9.17) is 14.4 Å². The summed E-state index contributed by atoms with van der Waals surface area (Å²) in [5, 5.41) is 12.1. The van der Waals surface area contributed by atoms with Crippen molar-refractivity contribution in [2.75, 3.05) is 32.8 Å². The fraction of sp³-hybridized carbons (Fsp3) is 0.280. The first kappa shape index (κ1) is 22.4. The van der Waals surface area contributed by atoms with E-state index in [1.807, 2.05) is 12.1 Å². The van der Waals surface area contributed by atoms with Gasteiger partial charge >= 0.3 is 0 Å². The second kappa shape index (κ2) is 10.7. The number of fused-ring (bicyclic) bond motifs is 1. The van der Waals surface area contributed by atoms with Crippen molar-refractivity contribution < 1.29 is 24.0 Å². The van der Waals surface area contributed by atoms with Gasteiger partial charge in [-0.15, -0.1) is 0 Å². The van der Waals surface area contributed by atoms with Gasteiger partial charge in [0.25, 0.3) is 11.8 Å². The molecule has 0 unspecified atom stereocenters. The number of hydroxylamine groups is 1. The van der Waals surface area contributed by atoms with Gasteiger partial charge in [-0.1, -0.05) is 11.8 Å². The molecular formula is C25H25N3O5. The van der Waals surface area contributed by atoms with Crippen LogP contribution in [0.4, 0.5) is 0 Å². The molecule has 1 aromatic heterocycles. The molecular weight excluding hydrogens is 422 g/mol. The maximum atomic E-state index is 12.4. The third-order valence-corrected chi connectivity index (χ3v) is 5.41. The summed E-state index contributed by atoms with van der Waals surface area (Å²) in [4.78, 5) is 26.1. The van der Waals surface area contributed by atoms with E-state index < -0.39 is 5.91 Å². The molecule has 2 aromatic carbocycles. The lowest BCUT2D eigenvalue weighted by molar-refractivity contribution is 0.0706. The van der Waals surface area contributed by atoms with E-state index in [1.165, 1.54) is 12.8 Å². The molecule has 1 aliphatic rings. The van der Waals surface area contributed by atoms with Gasteiger partial charge in [-0.3, -0.25) is 19.7 Å². The van der Waals surface area contributed by atoms with Crippen molar-refractivity contribution in [3.63, 3.8) is 0 Å². The molecule has 0 aliphatic carbocycles. The molecule has 0 bridgehead atoms. The Balaban J connectivity index is 1.29. The molecule has 8 nitrogen and oxygen atoms in total. The zero-order valence-corrected chi connectivity index (χ0v) is 18.1. The summed E-state index contributed by atoms with van der Waals surface area (Å²) in [5.74, 6) is 5.77. The third kappa shape index (κ3) is 5.92. The summed E-state index contributed by atoms with van der Waals surface area (Å²) in [7, 11) is 0. The summed E-state index contributed by atoms with van der Waals surface area (Å²) in [6.45, 7) is 3.97. The number of rotatable bonds is 7. The van der Waals surface area contributed by atoms with Crippen LogP contribution >= 0.6 is 0 Å². The smallest absolute Gasteiger partial charge is 0.287 e.